The van der Waals surface area contributed by atoms with Crippen molar-refractivity contribution in [3.63, 3.8) is 0 Å². The number of nitrogens with one attached hydrogen (secondary N) is 1. The molecule has 0 saturated heterocycles. The molecule has 1 nitrogen and oxygen atoms in total. The summed E-state index contributed by atoms with van der Waals surface area (Å²) in [6, 6.07) is 9.94. The fourth-order valence-corrected chi connectivity index (χ4v) is 4.07. The van der Waals surface area contributed by atoms with E-state index in [-0.39, 0.29) is 23.6 Å². The maximum atomic E-state index is 14.4. The Kier molecular flexibility index (Phi) is 3.30. The van der Waals surface area contributed by atoms with Crippen LogP contribution in [0.15, 0.2) is 53.0 Å². The molecule has 112 valence electrons. The maximum absolute atomic E-state index is 14.4. The highest BCUT2D eigenvalue weighted by Crippen LogP contribution is 2.50. The van der Waals surface area contributed by atoms with Crippen molar-refractivity contribution in [3.8, 4) is 0 Å². The predicted octanol–water partition coefficient (Wildman–Crippen LogP) is 5.55. The quantitative estimate of drug-likeness (QED) is 0.656. The highest BCUT2D eigenvalue weighted by Gasteiger charge is 2.39. The van der Waals surface area contributed by atoms with Gasteiger partial charge in [-0.25, -0.2) is 8.78 Å². The van der Waals surface area contributed by atoms with Crippen LogP contribution in [-0.4, -0.2) is 0 Å². The average Bonchev–Trinajstić information content (AvgIpc) is 2.97. The van der Waals surface area contributed by atoms with Gasteiger partial charge in [0.15, 0.2) is 0 Å². The third-order valence-electron chi connectivity index (χ3n) is 4.61. The minimum absolute atomic E-state index is 0.0104. The second-order valence-corrected chi connectivity index (χ2v) is 6.79. The van der Waals surface area contributed by atoms with Gasteiger partial charge < -0.3 is 5.32 Å². The number of rotatable bonds is 1. The first-order chi connectivity index (χ1) is 10.6. The second kappa shape index (κ2) is 5.20. The molecule has 0 amide bonds. The van der Waals surface area contributed by atoms with Gasteiger partial charge in [-0.2, -0.15) is 0 Å². The largest absolute Gasteiger partial charge is 0.375 e. The van der Waals surface area contributed by atoms with Crippen molar-refractivity contribution in [1.82, 2.24) is 0 Å². The first-order valence-electron chi connectivity index (χ1n) is 7.31. The van der Waals surface area contributed by atoms with Crippen LogP contribution in [0.25, 0.3) is 0 Å². The lowest BCUT2D eigenvalue weighted by Gasteiger charge is -2.37. The molecular weight excluding hydrogens is 348 g/mol. The SMILES string of the molecule is Fc1ccc([C@@H]2Nc3c(F)cc(Br)cc3[C@H]3C=CC[C@H]32)cc1. The Bertz CT molecular complexity index is 754. The summed E-state index contributed by atoms with van der Waals surface area (Å²) in [5.41, 5.74) is 2.54. The fraction of sp³-hybridized carbons (Fsp3) is 0.222. The molecule has 0 unspecified atom stereocenters. The molecule has 3 atom stereocenters. The summed E-state index contributed by atoms with van der Waals surface area (Å²) in [4.78, 5) is 0. The summed E-state index contributed by atoms with van der Waals surface area (Å²) in [5.74, 6) is 0.0105. The molecule has 1 aliphatic carbocycles. The van der Waals surface area contributed by atoms with Crippen molar-refractivity contribution in [2.24, 2.45) is 5.92 Å². The van der Waals surface area contributed by atoms with Crippen molar-refractivity contribution in [2.45, 2.75) is 18.4 Å². The molecule has 4 heteroatoms. The molecule has 2 aromatic rings. The van der Waals surface area contributed by atoms with Gasteiger partial charge in [-0.15, -0.1) is 0 Å². The number of benzene rings is 2. The molecule has 1 aliphatic heterocycles. The van der Waals surface area contributed by atoms with Crippen LogP contribution in [0.3, 0.4) is 0 Å². The van der Waals surface area contributed by atoms with Crippen LogP contribution in [0.1, 0.15) is 29.5 Å². The highest BCUT2D eigenvalue weighted by molar-refractivity contribution is 9.10. The molecule has 0 saturated carbocycles. The fourth-order valence-electron chi connectivity index (χ4n) is 3.62. The van der Waals surface area contributed by atoms with Crippen molar-refractivity contribution in [2.75, 3.05) is 5.32 Å². The second-order valence-electron chi connectivity index (χ2n) is 5.88. The Morgan fingerprint density at radius 2 is 1.86 bits per heavy atom. The summed E-state index contributed by atoms with van der Waals surface area (Å²) < 4.78 is 28.3. The van der Waals surface area contributed by atoms with Gasteiger partial charge >= 0.3 is 0 Å². The third kappa shape index (κ3) is 2.17. The number of fused-ring (bicyclic) bond motifs is 3. The third-order valence-corrected chi connectivity index (χ3v) is 5.07. The van der Waals surface area contributed by atoms with E-state index in [0.717, 1.165) is 22.0 Å². The summed E-state index contributed by atoms with van der Waals surface area (Å²) in [5, 5.41) is 3.34. The van der Waals surface area contributed by atoms with E-state index in [2.05, 4.69) is 33.4 Å². The topological polar surface area (TPSA) is 12.0 Å². The molecule has 0 spiro atoms. The van der Waals surface area contributed by atoms with Gasteiger partial charge in [-0.3, -0.25) is 0 Å². The smallest absolute Gasteiger partial charge is 0.147 e. The van der Waals surface area contributed by atoms with Crippen molar-refractivity contribution >= 4 is 21.6 Å². The van der Waals surface area contributed by atoms with Crippen LogP contribution in [-0.2, 0) is 0 Å². The lowest BCUT2D eigenvalue weighted by Crippen LogP contribution is -2.29. The summed E-state index contributed by atoms with van der Waals surface area (Å²) in [6.45, 7) is 0. The highest BCUT2D eigenvalue weighted by atomic mass is 79.9. The predicted molar refractivity (Wildman–Crippen MR) is 86.9 cm³/mol. The normalized spacial score (nSPS) is 25.5. The van der Waals surface area contributed by atoms with E-state index in [0.29, 0.717) is 11.6 Å². The van der Waals surface area contributed by atoms with Crippen LogP contribution in [0, 0.1) is 17.6 Å². The minimum Gasteiger partial charge on any atom is -0.375 e. The molecule has 4 rings (SSSR count). The maximum Gasteiger partial charge on any atom is 0.147 e. The van der Waals surface area contributed by atoms with E-state index in [1.165, 1.54) is 18.2 Å². The first kappa shape index (κ1) is 13.9. The summed E-state index contributed by atoms with van der Waals surface area (Å²) in [7, 11) is 0. The number of anilines is 1. The number of allylic oxidation sites excluding steroid dienone is 2. The van der Waals surface area contributed by atoms with Crippen LogP contribution >= 0.6 is 15.9 Å². The summed E-state index contributed by atoms with van der Waals surface area (Å²) >= 11 is 3.37. The Hall–Kier alpha value is -1.68. The number of hydrogen-bond acceptors (Lipinski definition) is 1. The van der Waals surface area contributed by atoms with Crippen LogP contribution in [0.2, 0.25) is 0 Å². The van der Waals surface area contributed by atoms with E-state index < -0.39 is 0 Å². The molecule has 0 aromatic heterocycles. The molecule has 0 bridgehead atoms. The van der Waals surface area contributed by atoms with Gasteiger partial charge in [0.1, 0.15) is 11.6 Å². The molecule has 2 aliphatic rings. The van der Waals surface area contributed by atoms with E-state index in [1.54, 1.807) is 12.1 Å². The zero-order chi connectivity index (χ0) is 15.3. The Morgan fingerprint density at radius 1 is 1.09 bits per heavy atom. The Balaban J connectivity index is 1.82. The lowest BCUT2D eigenvalue weighted by molar-refractivity contribution is 0.420. The van der Waals surface area contributed by atoms with Crippen molar-refractivity contribution < 1.29 is 8.78 Å². The number of hydrogen-bond donors (Lipinski definition) is 1. The van der Waals surface area contributed by atoms with Crippen LogP contribution in [0.4, 0.5) is 14.5 Å². The zero-order valence-electron chi connectivity index (χ0n) is 11.7. The monoisotopic (exact) mass is 361 g/mol. The standard InChI is InChI=1S/C18H14BrF2N/c19-11-8-15-13-2-1-3-14(13)17(22-18(15)16(21)9-11)10-4-6-12(20)7-5-10/h1-2,4-9,13-14,17,22H,3H2/t13-,14+,17-/m0/s1. The van der Waals surface area contributed by atoms with Gasteiger partial charge in [0, 0.05) is 10.4 Å². The van der Waals surface area contributed by atoms with Crippen molar-refractivity contribution in [3.05, 3.63) is 75.8 Å². The van der Waals surface area contributed by atoms with Gasteiger partial charge in [-0.05, 0) is 47.7 Å². The first-order valence-corrected chi connectivity index (χ1v) is 8.10. The van der Waals surface area contributed by atoms with E-state index >= 15 is 0 Å². The van der Waals surface area contributed by atoms with Gasteiger partial charge in [0.2, 0.25) is 0 Å². The lowest BCUT2D eigenvalue weighted by atomic mass is 9.77. The van der Waals surface area contributed by atoms with Crippen LogP contribution in [0.5, 0.6) is 0 Å². The Labute approximate surface area is 136 Å². The summed E-state index contributed by atoms with van der Waals surface area (Å²) in [6.07, 6.45) is 5.25. The van der Waals surface area contributed by atoms with E-state index in [4.69, 9.17) is 0 Å². The molecule has 1 N–H and O–H groups in total. The molecule has 0 fully saturated rings. The Morgan fingerprint density at radius 3 is 2.64 bits per heavy atom. The molecule has 0 radical (unpaired) electrons. The zero-order valence-corrected chi connectivity index (χ0v) is 13.3. The van der Waals surface area contributed by atoms with Gasteiger partial charge in [-0.1, -0.05) is 40.2 Å². The average molecular weight is 362 g/mol. The van der Waals surface area contributed by atoms with Crippen molar-refractivity contribution in [1.29, 1.82) is 0 Å². The minimum atomic E-state index is -0.254. The molecule has 22 heavy (non-hydrogen) atoms. The molecule has 2 aromatic carbocycles. The molecular formula is C18H14BrF2N. The van der Waals surface area contributed by atoms with E-state index in [9.17, 15) is 8.78 Å². The van der Waals surface area contributed by atoms with E-state index in [1.807, 2.05) is 6.07 Å². The van der Waals surface area contributed by atoms with Gasteiger partial charge in [0.05, 0.1) is 11.7 Å². The van der Waals surface area contributed by atoms with Crippen LogP contribution < -0.4 is 5.32 Å². The molecule has 1 heterocycles. The number of halogens is 3. The van der Waals surface area contributed by atoms with Gasteiger partial charge in [0.25, 0.3) is 0 Å².